The summed E-state index contributed by atoms with van der Waals surface area (Å²) < 4.78 is 0.175. The fraction of sp³-hybridized carbons (Fsp3) is 0.900. The lowest BCUT2D eigenvalue weighted by molar-refractivity contribution is -0.142. The maximum atomic E-state index is 13.3. The summed E-state index contributed by atoms with van der Waals surface area (Å²) in [6.07, 6.45) is 9.89. The smallest absolute Gasteiger partial charge is 0.254 e. The standard InChI is InChI=1S/C20H32N2OS/c1-4-5-6-22-13-19(2,3)24-18(22)21-17(23)20-10-14-7-15(11-20)9-16(8-14)12-20/h14-16H,4-13H2,1-3H3. The molecule has 4 bridgehead atoms. The molecule has 1 heterocycles. The average Bonchev–Trinajstić information content (AvgIpc) is 2.77. The first-order chi connectivity index (χ1) is 11.4. The first-order valence-electron chi connectivity index (χ1n) is 9.96. The molecule has 1 amide bonds. The van der Waals surface area contributed by atoms with Crippen LogP contribution in [0.25, 0.3) is 0 Å². The van der Waals surface area contributed by atoms with E-state index >= 15 is 0 Å². The molecule has 0 radical (unpaired) electrons. The third-order valence-corrected chi connectivity index (χ3v) is 7.89. The normalized spacial score (nSPS) is 41.4. The molecule has 0 spiro atoms. The maximum absolute atomic E-state index is 13.3. The van der Waals surface area contributed by atoms with Gasteiger partial charge in [-0.15, -0.1) is 0 Å². The van der Waals surface area contributed by atoms with Crippen LogP contribution in [-0.4, -0.2) is 33.8 Å². The van der Waals surface area contributed by atoms with Crippen LogP contribution in [0.1, 0.15) is 72.1 Å². The van der Waals surface area contributed by atoms with Crippen molar-refractivity contribution in [3.63, 3.8) is 0 Å². The fourth-order valence-electron chi connectivity index (χ4n) is 6.07. The Morgan fingerprint density at radius 1 is 1.17 bits per heavy atom. The highest BCUT2D eigenvalue weighted by molar-refractivity contribution is 8.15. The number of hydrogen-bond donors (Lipinski definition) is 0. The zero-order valence-corrected chi connectivity index (χ0v) is 16.3. The Morgan fingerprint density at radius 3 is 2.29 bits per heavy atom. The predicted molar refractivity (Wildman–Crippen MR) is 101 cm³/mol. The molecule has 24 heavy (non-hydrogen) atoms. The van der Waals surface area contributed by atoms with Crippen molar-refractivity contribution < 1.29 is 4.79 Å². The minimum atomic E-state index is -0.0918. The molecule has 5 fully saturated rings. The van der Waals surface area contributed by atoms with Gasteiger partial charge in [-0.2, -0.15) is 4.99 Å². The van der Waals surface area contributed by atoms with Crippen molar-refractivity contribution in [1.82, 2.24) is 4.90 Å². The highest BCUT2D eigenvalue weighted by Gasteiger charge is 2.55. The predicted octanol–water partition coefficient (Wildman–Crippen LogP) is 4.71. The van der Waals surface area contributed by atoms with E-state index in [1.54, 1.807) is 0 Å². The first-order valence-corrected chi connectivity index (χ1v) is 10.8. The van der Waals surface area contributed by atoms with Gasteiger partial charge in [0.15, 0.2) is 5.17 Å². The van der Waals surface area contributed by atoms with Crippen molar-refractivity contribution in [1.29, 1.82) is 0 Å². The third kappa shape index (κ3) is 3.04. The summed E-state index contributed by atoms with van der Waals surface area (Å²) in [5.41, 5.74) is -0.0918. The second kappa shape index (κ2) is 6.03. The van der Waals surface area contributed by atoms with Gasteiger partial charge >= 0.3 is 0 Å². The summed E-state index contributed by atoms with van der Waals surface area (Å²) in [5, 5.41) is 1.01. The van der Waals surface area contributed by atoms with Crippen LogP contribution < -0.4 is 0 Å². The van der Waals surface area contributed by atoms with Gasteiger partial charge in [0.05, 0.1) is 5.41 Å². The molecular weight excluding hydrogens is 316 g/mol. The van der Waals surface area contributed by atoms with Crippen LogP contribution in [0.2, 0.25) is 0 Å². The lowest BCUT2D eigenvalue weighted by atomic mass is 9.49. The number of aliphatic imine (C=N–C) groups is 1. The van der Waals surface area contributed by atoms with Gasteiger partial charge in [0.2, 0.25) is 0 Å². The summed E-state index contributed by atoms with van der Waals surface area (Å²) in [7, 11) is 0. The number of rotatable bonds is 4. The van der Waals surface area contributed by atoms with E-state index in [9.17, 15) is 4.79 Å². The zero-order valence-electron chi connectivity index (χ0n) is 15.5. The molecule has 4 saturated carbocycles. The number of hydrogen-bond acceptors (Lipinski definition) is 2. The first kappa shape index (κ1) is 16.9. The molecule has 0 atom stereocenters. The van der Waals surface area contributed by atoms with Crippen molar-refractivity contribution in [2.45, 2.75) is 76.9 Å². The van der Waals surface area contributed by atoms with E-state index in [2.05, 4.69) is 25.7 Å². The van der Waals surface area contributed by atoms with Gasteiger partial charge < -0.3 is 4.90 Å². The van der Waals surface area contributed by atoms with Gasteiger partial charge in [0.25, 0.3) is 5.91 Å². The average molecular weight is 349 g/mol. The van der Waals surface area contributed by atoms with Crippen molar-refractivity contribution in [2.75, 3.05) is 13.1 Å². The summed E-state index contributed by atoms with van der Waals surface area (Å²) in [4.78, 5) is 20.4. The number of unbranched alkanes of at least 4 members (excludes halogenated alkanes) is 1. The molecule has 4 heteroatoms. The Kier molecular flexibility index (Phi) is 4.26. The van der Waals surface area contributed by atoms with Crippen LogP contribution in [-0.2, 0) is 4.79 Å². The van der Waals surface area contributed by atoms with Crippen LogP contribution in [0.15, 0.2) is 4.99 Å². The Balaban J connectivity index is 1.54. The van der Waals surface area contributed by atoms with Crippen molar-refractivity contribution >= 4 is 22.8 Å². The molecule has 4 aliphatic carbocycles. The van der Waals surface area contributed by atoms with Gasteiger partial charge in [-0.1, -0.05) is 25.1 Å². The monoisotopic (exact) mass is 348 g/mol. The van der Waals surface area contributed by atoms with Crippen LogP contribution in [0.3, 0.4) is 0 Å². The number of carbonyl (C=O) groups is 1. The molecule has 1 saturated heterocycles. The van der Waals surface area contributed by atoms with Gasteiger partial charge in [0, 0.05) is 17.8 Å². The maximum Gasteiger partial charge on any atom is 0.254 e. The summed E-state index contributed by atoms with van der Waals surface area (Å²) in [6.45, 7) is 8.83. The van der Waals surface area contributed by atoms with Crippen LogP contribution >= 0.6 is 11.8 Å². The minimum Gasteiger partial charge on any atom is -0.350 e. The molecule has 0 aromatic rings. The molecular formula is C20H32N2OS. The minimum absolute atomic E-state index is 0.0918. The van der Waals surface area contributed by atoms with E-state index in [1.807, 2.05) is 11.8 Å². The quantitative estimate of drug-likeness (QED) is 0.737. The molecule has 3 nitrogen and oxygen atoms in total. The number of nitrogens with zero attached hydrogens (tertiary/aromatic N) is 2. The fourth-order valence-corrected chi connectivity index (χ4v) is 7.19. The Hall–Kier alpha value is -0.510. The van der Waals surface area contributed by atoms with Gasteiger partial charge in [-0.3, -0.25) is 4.79 Å². The molecule has 0 unspecified atom stereocenters. The van der Waals surface area contributed by atoms with E-state index in [0.717, 1.165) is 55.3 Å². The van der Waals surface area contributed by atoms with Gasteiger partial charge in [-0.05, 0) is 76.5 Å². The highest BCUT2D eigenvalue weighted by Crippen LogP contribution is 2.60. The second-order valence-corrected chi connectivity index (χ2v) is 11.2. The van der Waals surface area contributed by atoms with E-state index in [1.165, 1.54) is 32.1 Å². The SMILES string of the molecule is CCCCN1CC(C)(C)SC1=NC(=O)C12CC3CC(CC(C3)C1)C2. The van der Waals surface area contributed by atoms with Gasteiger partial charge in [-0.25, -0.2) is 0 Å². The largest absolute Gasteiger partial charge is 0.350 e. The van der Waals surface area contributed by atoms with E-state index in [-0.39, 0.29) is 16.1 Å². The zero-order chi connectivity index (χ0) is 16.9. The van der Waals surface area contributed by atoms with Crippen LogP contribution in [0.4, 0.5) is 0 Å². The lowest BCUT2D eigenvalue weighted by Gasteiger charge is -2.55. The van der Waals surface area contributed by atoms with Crippen LogP contribution in [0.5, 0.6) is 0 Å². The molecule has 0 aromatic heterocycles. The molecule has 0 N–H and O–H groups in total. The summed E-state index contributed by atoms with van der Waals surface area (Å²) in [6, 6.07) is 0. The number of thioether (sulfide) groups is 1. The number of amidine groups is 1. The Bertz CT molecular complexity index is 519. The van der Waals surface area contributed by atoms with Crippen molar-refractivity contribution in [3.05, 3.63) is 0 Å². The Labute approximate surface area is 151 Å². The van der Waals surface area contributed by atoms with E-state index in [0.29, 0.717) is 0 Å². The molecule has 0 aromatic carbocycles. The van der Waals surface area contributed by atoms with Crippen molar-refractivity contribution in [3.8, 4) is 0 Å². The number of amides is 1. The third-order valence-electron chi connectivity index (χ3n) is 6.68. The summed E-state index contributed by atoms with van der Waals surface area (Å²) in [5.74, 6) is 2.65. The van der Waals surface area contributed by atoms with E-state index in [4.69, 9.17) is 4.99 Å². The van der Waals surface area contributed by atoms with E-state index < -0.39 is 0 Å². The molecule has 134 valence electrons. The molecule has 5 aliphatic rings. The van der Waals surface area contributed by atoms with Crippen LogP contribution in [0, 0.1) is 23.2 Å². The second-order valence-electron chi connectivity index (χ2n) is 9.53. The summed E-state index contributed by atoms with van der Waals surface area (Å²) >= 11 is 1.81. The molecule has 5 rings (SSSR count). The molecule has 1 aliphatic heterocycles. The Morgan fingerprint density at radius 2 is 1.75 bits per heavy atom. The topological polar surface area (TPSA) is 32.7 Å². The van der Waals surface area contributed by atoms with Gasteiger partial charge in [0.1, 0.15) is 0 Å². The van der Waals surface area contributed by atoms with Crippen molar-refractivity contribution in [2.24, 2.45) is 28.2 Å². The number of carbonyl (C=O) groups excluding carboxylic acids is 1. The lowest BCUT2D eigenvalue weighted by Crippen LogP contribution is -2.49. The highest BCUT2D eigenvalue weighted by atomic mass is 32.2.